The summed E-state index contributed by atoms with van der Waals surface area (Å²) in [5.41, 5.74) is 1.28. The third kappa shape index (κ3) is 3.60. The van der Waals surface area contributed by atoms with Crippen LogP contribution in [0.25, 0.3) is 10.9 Å². The maximum Gasteiger partial charge on any atom is 0.323 e. The standard InChI is InChI=1S/C18H14ClN3O4S/c1-11-18(27(25,26)21-14-5-3-13(19)4-6-14)15-8-12(9-20)2-7-16(15)22(11)10-17(23)24/h2-8,21H,10H2,1H3,(H,23,24). The Labute approximate surface area is 160 Å². The van der Waals surface area contributed by atoms with Crippen molar-refractivity contribution in [3.63, 3.8) is 0 Å². The van der Waals surface area contributed by atoms with Gasteiger partial charge in [0.1, 0.15) is 11.4 Å². The molecule has 27 heavy (non-hydrogen) atoms. The number of nitrogens with zero attached hydrogens (tertiary/aromatic N) is 2. The van der Waals surface area contributed by atoms with Gasteiger partial charge in [0.2, 0.25) is 0 Å². The smallest absolute Gasteiger partial charge is 0.323 e. The molecule has 0 aliphatic heterocycles. The Balaban J connectivity index is 2.22. The predicted octanol–water partition coefficient (Wildman–Crippen LogP) is 3.36. The first kappa shape index (κ1) is 18.8. The lowest BCUT2D eigenvalue weighted by Gasteiger charge is -2.09. The van der Waals surface area contributed by atoms with E-state index in [0.717, 1.165) is 0 Å². The highest BCUT2D eigenvalue weighted by molar-refractivity contribution is 7.93. The van der Waals surface area contributed by atoms with Gasteiger partial charge >= 0.3 is 5.97 Å². The Morgan fingerprint density at radius 2 is 1.93 bits per heavy atom. The third-order valence-corrected chi connectivity index (χ3v) is 5.86. The van der Waals surface area contributed by atoms with Gasteiger partial charge < -0.3 is 9.67 Å². The van der Waals surface area contributed by atoms with E-state index in [1.165, 1.54) is 35.8 Å². The van der Waals surface area contributed by atoms with Gasteiger partial charge in [-0.05, 0) is 49.4 Å². The average Bonchev–Trinajstić information content (AvgIpc) is 2.88. The number of carboxylic acid groups (broad SMARTS) is 1. The normalized spacial score (nSPS) is 11.3. The second-order valence-corrected chi connectivity index (χ2v) is 7.91. The van der Waals surface area contributed by atoms with E-state index in [9.17, 15) is 18.3 Å². The molecule has 0 fully saturated rings. The third-order valence-electron chi connectivity index (χ3n) is 4.05. The molecule has 3 aromatic rings. The molecule has 0 aliphatic rings. The van der Waals surface area contributed by atoms with E-state index < -0.39 is 22.5 Å². The Kier molecular flexibility index (Phi) is 4.83. The lowest BCUT2D eigenvalue weighted by molar-refractivity contribution is -0.137. The molecule has 9 heteroatoms. The van der Waals surface area contributed by atoms with Gasteiger partial charge in [0.15, 0.2) is 0 Å². The molecule has 0 radical (unpaired) electrons. The number of rotatable bonds is 5. The lowest BCUT2D eigenvalue weighted by Crippen LogP contribution is -2.15. The fourth-order valence-electron chi connectivity index (χ4n) is 2.92. The highest BCUT2D eigenvalue weighted by Gasteiger charge is 2.26. The molecule has 7 nitrogen and oxygen atoms in total. The molecule has 0 aliphatic carbocycles. The van der Waals surface area contributed by atoms with Crippen molar-refractivity contribution in [3.8, 4) is 6.07 Å². The highest BCUT2D eigenvalue weighted by Crippen LogP contribution is 2.32. The second kappa shape index (κ2) is 6.95. The van der Waals surface area contributed by atoms with Crippen molar-refractivity contribution in [2.45, 2.75) is 18.4 Å². The van der Waals surface area contributed by atoms with E-state index in [1.54, 1.807) is 18.2 Å². The topological polar surface area (TPSA) is 112 Å². The van der Waals surface area contributed by atoms with Gasteiger partial charge in [-0.3, -0.25) is 9.52 Å². The monoisotopic (exact) mass is 403 g/mol. The number of hydrogen-bond acceptors (Lipinski definition) is 4. The van der Waals surface area contributed by atoms with Crippen molar-refractivity contribution in [1.82, 2.24) is 4.57 Å². The summed E-state index contributed by atoms with van der Waals surface area (Å²) in [7, 11) is -4.04. The summed E-state index contributed by atoms with van der Waals surface area (Å²) in [6, 6.07) is 12.6. The molecule has 0 saturated carbocycles. The molecule has 3 rings (SSSR count). The van der Waals surface area contributed by atoms with Gasteiger partial charge in [-0.1, -0.05) is 11.6 Å². The molecule has 0 atom stereocenters. The van der Waals surface area contributed by atoms with Crippen molar-refractivity contribution in [3.05, 3.63) is 58.7 Å². The van der Waals surface area contributed by atoms with Gasteiger partial charge in [-0.25, -0.2) is 8.42 Å². The summed E-state index contributed by atoms with van der Waals surface area (Å²) >= 11 is 5.82. The molecule has 0 saturated heterocycles. The molecule has 2 N–H and O–H groups in total. The van der Waals surface area contributed by atoms with Crippen LogP contribution in [0.3, 0.4) is 0 Å². The van der Waals surface area contributed by atoms with Gasteiger partial charge in [-0.2, -0.15) is 5.26 Å². The average molecular weight is 404 g/mol. The van der Waals surface area contributed by atoms with E-state index in [-0.39, 0.29) is 21.5 Å². The summed E-state index contributed by atoms with van der Waals surface area (Å²) in [5, 5.41) is 19.1. The zero-order valence-electron chi connectivity index (χ0n) is 14.1. The number of sulfonamides is 1. The first-order valence-corrected chi connectivity index (χ1v) is 9.62. The Bertz CT molecular complexity index is 1190. The first-order valence-electron chi connectivity index (χ1n) is 7.76. The number of aliphatic carboxylic acids is 1. The number of anilines is 1. The fourth-order valence-corrected chi connectivity index (χ4v) is 4.55. The number of carboxylic acids is 1. The zero-order chi connectivity index (χ0) is 19.8. The maximum absolute atomic E-state index is 13.0. The van der Waals surface area contributed by atoms with Crippen molar-refractivity contribution >= 4 is 44.2 Å². The van der Waals surface area contributed by atoms with E-state index in [4.69, 9.17) is 16.9 Å². The van der Waals surface area contributed by atoms with Crippen molar-refractivity contribution < 1.29 is 18.3 Å². The molecule has 0 unspecified atom stereocenters. The van der Waals surface area contributed by atoms with Crippen LogP contribution >= 0.6 is 11.6 Å². The van der Waals surface area contributed by atoms with Crippen LogP contribution in [-0.4, -0.2) is 24.1 Å². The maximum atomic E-state index is 13.0. The molecule has 0 amide bonds. The van der Waals surface area contributed by atoms with Gasteiger partial charge in [-0.15, -0.1) is 0 Å². The number of fused-ring (bicyclic) bond motifs is 1. The molecule has 1 heterocycles. The van der Waals surface area contributed by atoms with Crippen LogP contribution in [0, 0.1) is 18.3 Å². The number of halogens is 1. The van der Waals surface area contributed by atoms with Crippen LogP contribution < -0.4 is 4.72 Å². The van der Waals surface area contributed by atoms with E-state index in [2.05, 4.69) is 4.72 Å². The summed E-state index contributed by atoms with van der Waals surface area (Å²) < 4.78 is 29.9. The SMILES string of the molecule is Cc1c(S(=O)(=O)Nc2ccc(Cl)cc2)c2cc(C#N)ccc2n1CC(=O)O. The van der Waals surface area contributed by atoms with Crippen LogP contribution in [0.5, 0.6) is 0 Å². The number of nitriles is 1. The molecular weight excluding hydrogens is 390 g/mol. The number of aromatic nitrogens is 1. The molecule has 138 valence electrons. The minimum absolute atomic E-state index is 0.0641. The summed E-state index contributed by atoms with van der Waals surface area (Å²) in [6.45, 7) is 1.14. The molecule has 1 aromatic heterocycles. The fraction of sp³-hybridized carbons (Fsp3) is 0.111. The number of hydrogen-bond donors (Lipinski definition) is 2. The van der Waals surface area contributed by atoms with Crippen LogP contribution in [0.1, 0.15) is 11.3 Å². The first-order chi connectivity index (χ1) is 12.7. The Hall–Kier alpha value is -3.02. The van der Waals surface area contributed by atoms with Crippen molar-refractivity contribution in [2.75, 3.05) is 4.72 Å². The zero-order valence-corrected chi connectivity index (χ0v) is 15.7. The quantitative estimate of drug-likeness (QED) is 0.678. The minimum atomic E-state index is -4.04. The van der Waals surface area contributed by atoms with E-state index >= 15 is 0 Å². The Morgan fingerprint density at radius 3 is 2.52 bits per heavy atom. The van der Waals surface area contributed by atoms with Crippen molar-refractivity contribution in [2.24, 2.45) is 0 Å². The largest absolute Gasteiger partial charge is 0.480 e. The number of nitrogens with one attached hydrogen (secondary N) is 1. The minimum Gasteiger partial charge on any atom is -0.480 e. The van der Waals surface area contributed by atoms with Gasteiger partial charge in [0.05, 0.1) is 17.1 Å². The van der Waals surface area contributed by atoms with Gasteiger partial charge in [0, 0.05) is 21.8 Å². The molecular formula is C18H14ClN3O4S. The lowest BCUT2D eigenvalue weighted by atomic mass is 10.2. The van der Waals surface area contributed by atoms with Crippen LogP contribution in [0.2, 0.25) is 5.02 Å². The molecule has 0 bridgehead atoms. The predicted molar refractivity (Wildman–Crippen MR) is 101 cm³/mol. The van der Waals surface area contributed by atoms with Crippen molar-refractivity contribution in [1.29, 1.82) is 5.26 Å². The molecule has 0 spiro atoms. The van der Waals surface area contributed by atoms with Crippen LogP contribution in [-0.2, 0) is 21.4 Å². The Morgan fingerprint density at radius 1 is 1.26 bits per heavy atom. The second-order valence-electron chi connectivity index (χ2n) is 5.85. The van der Waals surface area contributed by atoms with Crippen LogP contribution in [0.4, 0.5) is 5.69 Å². The molecule has 2 aromatic carbocycles. The number of benzene rings is 2. The summed E-state index contributed by atoms with van der Waals surface area (Å²) in [4.78, 5) is 11.2. The van der Waals surface area contributed by atoms with E-state index in [1.807, 2.05) is 6.07 Å². The number of carbonyl (C=O) groups is 1. The van der Waals surface area contributed by atoms with Crippen LogP contribution in [0.15, 0.2) is 47.4 Å². The van der Waals surface area contributed by atoms with E-state index in [0.29, 0.717) is 16.2 Å². The summed E-state index contributed by atoms with van der Waals surface area (Å²) in [5.74, 6) is -1.10. The van der Waals surface area contributed by atoms with Gasteiger partial charge in [0.25, 0.3) is 10.0 Å². The summed E-state index contributed by atoms with van der Waals surface area (Å²) in [6.07, 6.45) is 0. The highest BCUT2D eigenvalue weighted by atomic mass is 35.5.